The van der Waals surface area contributed by atoms with Crippen molar-refractivity contribution in [2.45, 2.75) is 6.04 Å². The van der Waals surface area contributed by atoms with Gasteiger partial charge in [-0.1, -0.05) is 12.1 Å². The second-order valence-corrected chi connectivity index (χ2v) is 4.91. The van der Waals surface area contributed by atoms with Crippen LogP contribution in [0.5, 0.6) is 17.2 Å². The van der Waals surface area contributed by atoms with E-state index in [0.29, 0.717) is 17.2 Å². The Balaban J connectivity index is 2.19. The van der Waals surface area contributed by atoms with Crippen LogP contribution in [0.1, 0.15) is 17.2 Å². The van der Waals surface area contributed by atoms with Crippen LogP contribution < -0.4 is 25.7 Å². The molecule has 0 heterocycles. The largest absolute Gasteiger partial charge is 0.497 e. The van der Waals surface area contributed by atoms with Gasteiger partial charge in [-0.15, -0.1) is 0 Å². The first kappa shape index (κ1) is 16.6. The molecule has 1 amide bonds. The molecule has 0 aliphatic rings. The summed E-state index contributed by atoms with van der Waals surface area (Å²) in [6.07, 6.45) is 0. The van der Waals surface area contributed by atoms with Crippen LogP contribution in [0.15, 0.2) is 42.5 Å². The topological polar surface area (TPSA) is 96.8 Å². The molecule has 0 spiro atoms. The maximum absolute atomic E-state index is 10.7. The second kappa shape index (κ2) is 7.51. The van der Waals surface area contributed by atoms with E-state index in [4.69, 9.17) is 25.7 Å². The second-order valence-electron chi connectivity index (χ2n) is 4.91. The Labute approximate surface area is 134 Å². The number of methoxy groups -OCH3 is 2. The van der Waals surface area contributed by atoms with Crippen molar-refractivity contribution in [3.05, 3.63) is 53.6 Å². The van der Waals surface area contributed by atoms with Crippen molar-refractivity contribution in [3.8, 4) is 17.2 Å². The smallest absolute Gasteiger partial charge is 0.255 e. The summed E-state index contributed by atoms with van der Waals surface area (Å²) in [6, 6.07) is 12.3. The predicted octanol–water partition coefficient (Wildman–Crippen LogP) is 1.62. The van der Waals surface area contributed by atoms with Crippen LogP contribution in [0.25, 0.3) is 0 Å². The third kappa shape index (κ3) is 4.14. The number of nitrogens with two attached hydrogens (primary N) is 2. The summed E-state index contributed by atoms with van der Waals surface area (Å²) in [5.74, 6) is 1.40. The van der Waals surface area contributed by atoms with Gasteiger partial charge in [0.2, 0.25) is 0 Å². The molecule has 122 valence electrons. The van der Waals surface area contributed by atoms with Gasteiger partial charge in [0.1, 0.15) is 17.2 Å². The summed E-state index contributed by atoms with van der Waals surface area (Å²) in [4.78, 5) is 10.7. The van der Waals surface area contributed by atoms with Gasteiger partial charge in [-0.3, -0.25) is 4.79 Å². The van der Waals surface area contributed by atoms with Gasteiger partial charge < -0.3 is 25.7 Å². The Bertz CT molecular complexity index is 671. The van der Waals surface area contributed by atoms with E-state index in [9.17, 15) is 4.79 Å². The highest BCUT2D eigenvalue weighted by molar-refractivity contribution is 5.75. The molecule has 0 aliphatic heterocycles. The number of hydrogen-bond acceptors (Lipinski definition) is 5. The Morgan fingerprint density at radius 2 is 1.70 bits per heavy atom. The van der Waals surface area contributed by atoms with Crippen LogP contribution >= 0.6 is 0 Å². The summed E-state index contributed by atoms with van der Waals surface area (Å²) in [5, 5.41) is 0. The normalized spacial score (nSPS) is 11.6. The minimum Gasteiger partial charge on any atom is -0.497 e. The third-order valence-corrected chi connectivity index (χ3v) is 3.40. The van der Waals surface area contributed by atoms with Gasteiger partial charge in [0, 0.05) is 11.6 Å². The van der Waals surface area contributed by atoms with E-state index in [1.165, 1.54) is 0 Å². The molecule has 1 atom stereocenters. The van der Waals surface area contributed by atoms with Gasteiger partial charge in [0.15, 0.2) is 6.61 Å². The maximum atomic E-state index is 10.7. The van der Waals surface area contributed by atoms with Crippen molar-refractivity contribution < 1.29 is 19.0 Å². The number of carbonyl (C=O) groups excluding carboxylic acids is 1. The third-order valence-electron chi connectivity index (χ3n) is 3.40. The monoisotopic (exact) mass is 316 g/mol. The summed E-state index contributed by atoms with van der Waals surface area (Å²) >= 11 is 0. The van der Waals surface area contributed by atoms with Gasteiger partial charge >= 0.3 is 0 Å². The highest BCUT2D eigenvalue weighted by Gasteiger charge is 2.15. The van der Waals surface area contributed by atoms with E-state index in [1.54, 1.807) is 32.4 Å². The van der Waals surface area contributed by atoms with Gasteiger partial charge in [-0.2, -0.15) is 0 Å². The molecule has 0 radical (unpaired) electrons. The molecule has 2 aromatic carbocycles. The number of hydrogen-bond donors (Lipinski definition) is 2. The van der Waals surface area contributed by atoms with E-state index in [0.717, 1.165) is 11.1 Å². The van der Waals surface area contributed by atoms with E-state index >= 15 is 0 Å². The summed E-state index contributed by atoms with van der Waals surface area (Å²) < 4.78 is 15.8. The van der Waals surface area contributed by atoms with Crippen molar-refractivity contribution in [1.82, 2.24) is 0 Å². The lowest BCUT2D eigenvalue weighted by atomic mass is 9.98. The molecule has 0 saturated carbocycles. The lowest BCUT2D eigenvalue weighted by Crippen LogP contribution is -2.20. The molecule has 0 bridgehead atoms. The van der Waals surface area contributed by atoms with Crippen LogP contribution in [0.4, 0.5) is 0 Å². The molecule has 0 aliphatic carbocycles. The standard InChI is InChI=1S/C17H20N2O4/c1-21-13-7-8-14(15(9-13)22-2)17(19)11-3-5-12(6-4-11)23-10-16(18)20/h3-9,17H,10,19H2,1-2H3,(H2,18,20). The van der Waals surface area contributed by atoms with Crippen LogP contribution in [0.2, 0.25) is 0 Å². The fraction of sp³-hybridized carbons (Fsp3) is 0.235. The van der Waals surface area contributed by atoms with E-state index in [2.05, 4.69) is 0 Å². The van der Waals surface area contributed by atoms with Gasteiger partial charge in [0.05, 0.1) is 20.3 Å². The van der Waals surface area contributed by atoms with Crippen molar-refractivity contribution in [3.63, 3.8) is 0 Å². The van der Waals surface area contributed by atoms with Crippen LogP contribution in [-0.2, 0) is 4.79 Å². The summed E-state index contributed by atoms with van der Waals surface area (Å²) in [7, 11) is 3.19. The van der Waals surface area contributed by atoms with E-state index < -0.39 is 5.91 Å². The van der Waals surface area contributed by atoms with E-state index in [-0.39, 0.29) is 12.6 Å². The highest BCUT2D eigenvalue weighted by atomic mass is 16.5. The van der Waals surface area contributed by atoms with Gasteiger partial charge in [-0.05, 0) is 29.8 Å². The molecule has 2 rings (SSSR count). The molecule has 1 unspecified atom stereocenters. The van der Waals surface area contributed by atoms with Gasteiger partial charge in [-0.25, -0.2) is 0 Å². The maximum Gasteiger partial charge on any atom is 0.255 e. The molecule has 6 nitrogen and oxygen atoms in total. The number of carbonyl (C=O) groups is 1. The molecule has 0 aromatic heterocycles. The first-order valence-electron chi connectivity index (χ1n) is 7.03. The SMILES string of the molecule is COc1ccc(C(N)c2ccc(OCC(N)=O)cc2)c(OC)c1. The minimum atomic E-state index is -0.520. The number of rotatable bonds is 7. The average Bonchev–Trinajstić information content (AvgIpc) is 2.59. The number of amides is 1. The Morgan fingerprint density at radius 1 is 1.04 bits per heavy atom. The first-order chi connectivity index (χ1) is 11.0. The fourth-order valence-electron chi connectivity index (χ4n) is 2.18. The lowest BCUT2D eigenvalue weighted by molar-refractivity contribution is -0.119. The lowest BCUT2D eigenvalue weighted by Gasteiger charge is -2.17. The molecular weight excluding hydrogens is 296 g/mol. The fourth-order valence-corrected chi connectivity index (χ4v) is 2.18. The molecule has 0 fully saturated rings. The Hall–Kier alpha value is -2.73. The molecule has 0 saturated heterocycles. The van der Waals surface area contributed by atoms with Crippen molar-refractivity contribution in [2.75, 3.05) is 20.8 Å². The molecular formula is C17H20N2O4. The van der Waals surface area contributed by atoms with Crippen molar-refractivity contribution in [1.29, 1.82) is 0 Å². The quantitative estimate of drug-likeness (QED) is 0.809. The van der Waals surface area contributed by atoms with Gasteiger partial charge in [0.25, 0.3) is 5.91 Å². The zero-order chi connectivity index (χ0) is 16.8. The van der Waals surface area contributed by atoms with Crippen LogP contribution in [0, 0.1) is 0 Å². The zero-order valence-corrected chi connectivity index (χ0v) is 13.1. The molecule has 4 N–H and O–H groups in total. The summed E-state index contributed by atoms with van der Waals surface area (Å²) in [6.45, 7) is -0.155. The van der Waals surface area contributed by atoms with Crippen molar-refractivity contribution in [2.24, 2.45) is 11.5 Å². The molecule has 2 aromatic rings. The number of benzene rings is 2. The predicted molar refractivity (Wildman–Crippen MR) is 86.7 cm³/mol. The first-order valence-corrected chi connectivity index (χ1v) is 7.03. The molecule has 6 heteroatoms. The highest BCUT2D eigenvalue weighted by Crippen LogP contribution is 2.32. The Kier molecular flexibility index (Phi) is 5.43. The summed E-state index contributed by atoms with van der Waals surface area (Å²) in [5.41, 5.74) is 13.1. The number of ether oxygens (including phenoxy) is 3. The van der Waals surface area contributed by atoms with E-state index in [1.807, 2.05) is 24.3 Å². The molecule has 23 heavy (non-hydrogen) atoms. The average molecular weight is 316 g/mol. The van der Waals surface area contributed by atoms with Crippen LogP contribution in [0.3, 0.4) is 0 Å². The minimum absolute atomic E-state index is 0.155. The zero-order valence-electron chi connectivity index (χ0n) is 13.1. The van der Waals surface area contributed by atoms with Crippen molar-refractivity contribution >= 4 is 5.91 Å². The number of primary amides is 1. The Morgan fingerprint density at radius 3 is 2.26 bits per heavy atom. The van der Waals surface area contributed by atoms with Crippen LogP contribution in [-0.4, -0.2) is 26.7 Å².